The molecule has 2 amide bonds. The van der Waals surface area contributed by atoms with Gasteiger partial charge in [0.05, 0.1) is 24.0 Å². The summed E-state index contributed by atoms with van der Waals surface area (Å²) in [6.07, 6.45) is 0.616. The standard InChI is InChI=1S/C18H25BrN2O4/c1-18(2,3)25-17(23)20-13-7-8-21(11-13)16(22)10-12-5-6-15(24-4)14(19)9-12/h5-6,9,13H,7-8,10-11H2,1-4H3,(H,20,23). The van der Waals surface area contributed by atoms with Crippen LogP contribution in [0.2, 0.25) is 0 Å². The number of nitrogens with one attached hydrogen (secondary N) is 1. The van der Waals surface area contributed by atoms with Crippen LogP contribution in [0, 0.1) is 0 Å². The second-order valence-corrected chi connectivity index (χ2v) is 7.97. The molecule has 1 N–H and O–H groups in total. The van der Waals surface area contributed by atoms with E-state index < -0.39 is 11.7 Å². The van der Waals surface area contributed by atoms with E-state index in [-0.39, 0.29) is 11.9 Å². The van der Waals surface area contributed by atoms with Crippen LogP contribution in [0.1, 0.15) is 32.8 Å². The molecule has 1 saturated heterocycles. The van der Waals surface area contributed by atoms with E-state index in [4.69, 9.17) is 9.47 Å². The molecule has 1 fully saturated rings. The minimum atomic E-state index is -0.528. The number of amides is 2. The van der Waals surface area contributed by atoms with Crippen molar-refractivity contribution in [2.24, 2.45) is 0 Å². The van der Waals surface area contributed by atoms with Gasteiger partial charge in [0.2, 0.25) is 5.91 Å². The third kappa shape index (κ3) is 5.92. The van der Waals surface area contributed by atoms with Gasteiger partial charge in [-0.25, -0.2) is 4.79 Å². The molecular formula is C18H25BrN2O4. The van der Waals surface area contributed by atoms with Crippen LogP contribution in [-0.4, -0.2) is 48.7 Å². The van der Waals surface area contributed by atoms with Crippen LogP contribution in [0.5, 0.6) is 5.75 Å². The highest BCUT2D eigenvalue weighted by Gasteiger charge is 2.28. The Bertz CT molecular complexity index is 642. The van der Waals surface area contributed by atoms with Crippen molar-refractivity contribution in [1.29, 1.82) is 0 Å². The van der Waals surface area contributed by atoms with Crippen LogP contribution in [-0.2, 0) is 16.0 Å². The number of rotatable bonds is 4. The molecule has 138 valence electrons. The molecule has 1 aromatic rings. The van der Waals surface area contributed by atoms with Crippen molar-refractivity contribution in [2.45, 2.75) is 45.3 Å². The number of carbonyl (C=O) groups is 2. The predicted octanol–water partition coefficient (Wildman–Crippen LogP) is 3.13. The molecule has 7 heteroatoms. The molecule has 0 saturated carbocycles. The number of hydrogen-bond donors (Lipinski definition) is 1. The second-order valence-electron chi connectivity index (χ2n) is 7.12. The van der Waals surface area contributed by atoms with Crippen LogP contribution < -0.4 is 10.1 Å². The van der Waals surface area contributed by atoms with Crippen molar-refractivity contribution < 1.29 is 19.1 Å². The van der Waals surface area contributed by atoms with Crippen molar-refractivity contribution >= 4 is 27.9 Å². The molecule has 2 rings (SSSR count). The van der Waals surface area contributed by atoms with Crippen molar-refractivity contribution in [2.75, 3.05) is 20.2 Å². The number of ether oxygens (including phenoxy) is 2. The molecule has 1 aliphatic rings. The topological polar surface area (TPSA) is 67.9 Å². The Morgan fingerprint density at radius 1 is 1.36 bits per heavy atom. The summed E-state index contributed by atoms with van der Waals surface area (Å²) in [5.41, 5.74) is 0.390. The Morgan fingerprint density at radius 3 is 2.68 bits per heavy atom. The van der Waals surface area contributed by atoms with Crippen LogP contribution in [0.4, 0.5) is 4.79 Å². The molecule has 25 heavy (non-hydrogen) atoms. The SMILES string of the molecule is COc1ccc(CC(=O)N2CCC(NC(=O)OC(C)(C)C)C2)cc1Br. The van der Waals surface area contributed by atoms with E-state index in [0.29, 0.717) is 19.5 Å². The summed E-state index contributed by atoms with van der Waals surface area (Å²) in [7, 11) is 1.60. The summed E-state index contributed by atoms with van der Waals surface area (Å²) in [5.74, 6) is 0.782. The normalized spacial score (nSPS) is 17.3. The summed E-state index contributed by atoms with van der Waals surface area (Å²) in [4.78, 5) is 26.1. The number of carbonyl (C=O) groups excluding carboxylic acids is 2. The van der Waals surface area contributed by atoms with E-state index in [0.717, 1.165) is 22.2 Å². The van der Waals surface area contributed by atoms with Crippen molar-refractivity contribution in [3.8, 4) is 5.75 Å². The van der Waals surface area contributed by atoms with Crippen LogP contribution in [0.15, 0.2) is 22.7 Å². The minimum Gasteiger partial charge on any atom is -0.496 e. The van der Waals surface area contributed by atoms with Gasteiger partial charge in [-0.05, 0) is 60.8 Å². The highest BCUT2D eigenvalue weighted by molar-refractivity contribution is 9.10. The van der Waals surface area contributed by atoms with Gasteiger partial charge >= 0.3 is 6.09 Å². The van der Waals surface area contributed by atoms with E-state index in [2.05, 4.69) is 21.2 Å². The first-order valence-corrected chi connectivity index (χ1v) is 9.07. The van der Waals surface area contributed by atoms with Gasteiger partial charge in [-0.1, -0.05) is 6.07 Å². The van der Waals surface area contributed by atoms with Gasteiger partial charge < -0.3 is 19.7 Å². The van der Waals surface area contributed by atoms with Crippen LogP contribution in [0.25, 0.3) is 0 Å². The molecule has 1 aromatic carbocycles. The summed E-state index contributed by atoms with van der Waals surface area (Å²) in [6, 6.07) is 5.54. The maximum Gasteiger partial charge on any atom is 0.407 e. The molecule has 0 spiro atoms. The smallest absolute Gasteiger partial charge is 0.407 e. The van der Waals surface area contributed by atoms with Crippen LogP contribution >= 0.6 is 15.9 Å². The number of halogens is 1. The number of benzene rings is 1. The molecule has 0 aliphatic carbocycles. The Labute approximate surface area is 157 Å². The van der Waals surface area contributed by atoms with E-state index in [1.807, 2.05) is 39.0 Å². The highest BCUT2D eigenvalue weighted by atomic mass is 79.9. The summed E-state index contributed by atoms with van der Waals surface area (Å²) in [5, 5.41) is 2.83. The molecule has 0 bridgehead atoms. The van der Waals surface area contributed by atoms with Crippen molar-refractivity contribution in [3.05, 3.63) is 28.2 Å². The lowest BCUT2D eigenvalue weighted by atomic mass is 10.1. The van der Waals surface area contributed by atoms with Gasteiger partial charge in [-0.3, -0.25) is 4.79 Å². The summed E-state index contributed by atoms with van der Waals surface area (Å²) >= 11 is 3.43. The molecule has 1 heterocycles. The maximum atomic E-state index is 12.5. The third-order valence-corrected chi connectivity index (χ3v) is 4.45. The van der Waals surface area contributed by atoms with Gasteiger partial charge in [0.15, 0.2) is 0 Å². The molecule has 0 radical (unpaired) electrons. The average molecular weight is 413 g/mol. The van der Waals surface area contributed by atoms with Gasteiger partial charge in [0.1, 0.15) is 11.4 Å². The lowest BCUT2D eigenvalue weighted by molar-refractivity contribution is -0.129. The number of nitrogens with zero attached hydrogens (tertiary/aromatic N) is 1. The Kier molecular flexibility index (Phi) is 6.32. The second kappa shape index (κ2) is 8.08. The molecule has 1 atom stereocenters. The summed E-state index contributed by atoms with van der Waals surface area (Å²) in [6.45, 7) is 6.62. The van der Waals surface area contributed by atoms with Crippen molar-refractivity contribution in [1.82, 2.24) is 10.2 Å². The Morgan fingerprint density at radius 2 is 2.08 bits per heavy atom. The number of likely N-dealkylation sites (tertiary alicyclic amines) is 1. The maximum absolute atomic E-state index is 12.5. The zero-order chi connectivity index (χ0) is 18.6. The molecule has 1 unspecified atom stereocenters. The number of alkyl carbamates (subject to hydrolysis) is 1. The third-order valence-electron chi connectivity index (χ3n) is 3.83. The average Bonchev–Trinajstić information content (AvgIpc) is 2.94. The molecule has 0 aromatic heterocycles. The van der Waals surface area contributed by atoms with E-state index in [1.165, 1.54) is 0 Å². The first-order valence-electron chi connectivity index (χ1n) is 8.27. The Hall–Kier alpha value is -1.76. The quantitative estimate of drug-likeness (QED) is 0.824. The number of hydrogen-bond acceptors (Lipinski definition) is 4. The largest absolute Gasteiger partial charge is 0.496 e. The molecule has 6 nitrogen and oxygen atoms in total. The number of methoxy groups -OCH3 is 1. The fourth-order valence-electron chi connectivity index (χ4n) is 2.69. The van der Waals surface area contributed by atoms with Crippen molar-refractivity contribution in [3.63, 3.8) is 0 Å². The minimum absolute atomic E-state index is 0.0468. The van der Waals surface area contributed by atoms with Gasteiger partial charge in [-0.2, -0.15) is 0 Å². The molecule has 1 aliphatic heterocycles. The first-order chi connectivity index (χ1) is 11.7. The Balaban J connectivity index is 1.86. The fourth-order valence-corrected chi connectivity index (χ4v) is 3.27. The van der Waals surface area contributed by atoms with Gasteiger partial charge in [-0.15, -0.1) is 0 Å². The lowest BCUT2D eigenvalue weighted by Crippen LogP contribution is -2.41. The first kappa shape index (κ1) is 19.6. The highest BCUT2D eigenvalue weighted by Crippen LogP contribution is 2.26. The van der Waals surface area contributed by atoms with Gasteiger partial charge in [0.25, 0.3) is 0 Å². The van der Waals surface area contributed by atoms with E-state index in [1.54, 1.807) is 12.0 Å². The predicted molar refractivity (Wildman–Crippen MR) is 98.8 cm³/mol. The van der Waals surface area contributed by atoms with E-state index >= 15 is 0 Å². The zero-order valence-electron chi connectivity index (χ0n) is 15.1. The van der Waals surface area contributed by atoms with E-state index in [9.17, 15) is 9.59 Å². The molecular weight excluding hydrogens is 388 g/mol. The summed E-state index contributed by atoms with van der Waals surface area (Å²) < 4.78 is 11.3. The lowest BCUT2D eigenvalue weighted by Gasteiger charge is -2.22. The van der Waals surface area contributed by atoms with Crippen LogP contribution in [0.3, 0.4) is 0 Å². The monoisotopic (exact) mass is 412 g/mol. The zero-order valence-corrected chi connectivity index (χ0v) is 16.7. The fraction of sp³-hybridized carbons (Fsp3) is 0.556. The van der Waals surface area contributed by atoms with Gasteiger partial charge in [0, 0.05) is 13.1 Å².